The van der Waals surface area contributed by atoms with Crippen LogP contribution in [0.5, 0.6) is 5.75 Å². The second-order valence-electron chi connectivity index (χ2n) is 11.2. The van der Waals surface area contributed by atoms with E-state index in [2.05, 4.69) is 51.7 Å². The number of rotatable bonds is 8. The summed E-state index contributed by atoms with van der Waals surface area (Å²) in [5.74, 6) is 0.298. The molecule has 0 unspecified atom stereocenters. The maximum Gasteiger partial charge on any atom is 0.336 e. The SMILES string of the molecule is Cc1cc(C)cc(N(C(=O)Cc2ccc(OC(C)(C)C(=O)O[Si](C)(C)C)cc2)[Si](C)(C)C)c1. The van der Waals surface area contributed by atoms with Crippen molar-refractivity contribution in [1.82, 2.24) is 0 Å². The Labute approximate surface area is 201 Å². The summed E-state index contributed by atoms with van der Waals surface area (Å²) in [6, 6.07) is 13.7. The van der Waals surface area contributed by atoms with Gasteiger partial charge in [-0.15, -0.1) is 0 Å². The minimum atomic E-state index is -2.00. The molecule has 1 amide bonds. The quantitative estimate of drug-likeness (QED) is 0.415. The molecule has 0 radical (unpaired) electrons. The normalized spacial score (nSPS) is 12.3. The molecule has 2 aromatic carbocycles. The molecule has 2 rings (SSSR count). The van der Waals surface area contributed by atoms with Crippen molar-refractivity contribution in [2.45, 2.75) is 79.0 Å². The van der Waals surface area contributed by atoms with Gasteiger partial charge in [-0.05, 0) is 88.3 Å². The number of nitrogens with zero attached hydrogens (tertiary/aromatic N) is 1. The summed E-state index contributed by atoms with van der Waals surface area (Å²) in [7, 11) is -3.96. The van der Waals surface area contributed by atoms with Gasteiger partial charge in [-0.25, -0.2) is 4.79 Å². The molecule has 0 saturated heterocycles. The lowest BCUT2D eigenvalue weighted by molar-refractivity contribution is -0.150. The van der Waals surface area contributed by atoms with Crippen LogP contribution in [0.2, 0.25) is 39.3 Å². The molecule has 0 aliphatic carbocycles. The Balaban J connectivity index is 2.17. The van der Waals surface area contributed by atoms with Crippen LogP contribution in [0.4, 0.5) is 5.69 Å². The van der Waals surface area contributed by atoms with Crippen LogP contribution in [-0.2, 0) is 20.4 Å². The van der Waals surface area contributed by atoms with E-state index in [1.165, 1.54) is 0 Å². The molecule has 0 aromatic heterocycles. The van der Waals surface area contributed by atoms with Gasteiger partial charge in [-0.3, -0.25) is 4.79 Å². The van der Waals surface area contributed by atoms with Crippen LogP contribution in [0.25, 0.3) is 0 Å². The van der Waals surface area contributed by atoms with E-state index in [1.54, 1.807) is 13.8 Å². The monoisotopic (exact) mass is 485 g/mol. The first-order chi connectivity index (χ1) is 15.0. The molecule has 0 aliphatic heterocycles. The van der Waals surface area contributed by atoms with E-state index in [0.717, 1.165) is 22.4 Å². The maximum atomic E-state index is 13.4. The number of hydrogen-bond acceptors (Lipinski definition) is 4. The van der Waals surface area contributed by atoms with Crippen molar-refractivity contribution in [1.29, 1.82) is 0 Å². The lowest BCUT2D eigenvalue weighted by atomic mass is 10.1. The maximum absolute atomic E-state index is 13.4. The lowest BCUT2D eigenvalue weighted by Gasteiger charge is -2.35. The summed E-state index contributed by atoms with van der Waals surface area (Å²) in [6.07, 6.45) is 0.304. The molecule has 0 heterocycles. The van der Waals surface area contributed by atoms with Crippen molar-refractivity contribution < 1.29 is 18.8 Å². The van der Waals surface area contributed by atoms with E-state index in [4.69, 9.17) is 9.16 Å². The smallest absolute Gasteiger partial charge is 0.336 e. The Kier molecular flexibility index (Phi) is 8.02. The van der Waals surface area contributed by atoms with Gasteiger partial charge in [0.1, 0.15) is 5.75 Å². The molecule has 7 heteroatoms. The number of aryl methyl sites for hydroxylation is 2. The average molecular weight is 486 g/mol. The second kappa shape index (κ2) is 9.85. The molecule has 33 heavy (non-hydrogen) atoms. The molecule has 5 nitrogen and oxygen atoms in total. The van der Waals surface area contributed by atoms with E-state index in [9.17, 15) is 9.59 Å². The van der Waals surface area contributed by atoms with Crippen LogP contribution < -0.4 is 9.30 Å². The van der Waals surface area contributed by atoms with Crippen LogP contribution >= 0.6 is 0 Å². The minimum Gasteiger partial charge on any atom is -0.517 e. The third kappa shape index (κ3) is 7.86. The van der Waals surface area contributed by atoms with Crippen molar-refractivity contribution in [2.24, 2.45) is 0 Å². The van der Waals surface area contributed by atoms with Crippen molar-refractivity contribution in [3.63, 3.8) is 0 Å². The van der Waals surface area contributed by atoms with Gasteiger partial charge < -0.3 is 13.7 Å². The molecule has 0 saturated carbocycles. The highest BCUT2D eigenvalue weighted by Crippen LogP contribution is 2.27. The van der Waals surface area contributed by atoms with E-state index in [0.29, 0.717) is 12.2 Å². The lowest BCUT2D eigenvalue weighted by Crippen LogP contribution is -2.50. The molecular weight excluding hydrogens is 446 g/mol. The number of carbonyl (C=O) groups excluding carboxylic acids is 2. The fourth-order valence-corrected chi connectivity index (χ4v) is 6.18. The Hall–Kier alpha value is -2.39. The largest absolute Gasteiger partial charge is 0.517 e. The third-order valence-corrected chi connectivity index (χ3v) is 7.57. The molecular formula is C26H39NO4Si2. The number of benzene rings is 2. The fraction of sp³-hybridized carbons (Fsp3) is 0.462. The third-order valence-electron chi connectivity index (χ3n) is 4.93. The average Bonchev–Trinajstić information content (AvgIpc) is 2.59. The van der Waals surface area contributed by atoms with Gasteiger partial charge in [0.2, 0.25) is 14.2 Å². The fourth-order valence-electron chi connectivity index (χ4n) is 3.65. The van der Waals surface area contributed by atoms with E-state index in [1.807, 2.05) is 48.5 Å². The summed E-state index contributed by atoms with van der Waals surface area (Å²) >= 11 is 0. The van der Waals surface area contributed by atoms with E-state index >= 15 is 0 Å². The highest BCUT2D eigenvalue weighted by atomic mass is 28.4. The first-order valence-electron chi connectivity index (χ1n) is 11.4. The van der Waals surface area contributed by atoms with E-state index in [-0.39, 0.29) is 11.9 Å². The Morgan fingerprint density at radius 2 is 1.39 bits per heavy atom. The molecule has 2 aromatic rings. The predicted octanol–water partition coefficient (Wildman–Crippen LogP) is 6.25. The standard InChI is InChI=1S/C26H39NO4Si2/c1-19-15-20(2)17-22(16-19)27(32(5,6)7)24(28)18-21-11-13-23(14-12-21)30-26(3,4)25(29)31-33(8,9)10/h11-17H,18H2,1-10H3. The Bertz CT molecular complexity index is 982. The Morgan fingerprint density at radius 1 is 0.879 bits per heavy atom. The van der Waals surface area contributed by atoms with Gasteiger partial charge in [0, 0.05) is 5.69 Å². The zero-order valence-electron chi connectivity index (χ0n) is 21.8. The number of hydrogen-bond donors (Lipinski definition) is 0. The summed E-state index contributed by atoms with van der Waals surface area (Å²) in [6.45, 7) is 20.0. The van der Waals surface area contributed by atoms with Crippen LogP contribution in [0.1, 0.15) is 30.5 Å². The van der Waals surface area contributed by atoms with Crippen LogP contribution in [0.15, 0.2) is 42.5 Å². The summed E-state index contributed by atoms with van der Waals surface area (Å²) in [4.78, 5) is 25.9. The molecule has 0 N–H and O–H groups in total. The van der Waals surface area contributed by atoms with Crippen LogP contribution in [0.3, 0.4) is 0 Å². The summed E-state index contributed by atoms with van der Waals surface area (Å²) in [5, 5.41) is 0. The summed E-state index contributed by atoms with van der Waals surface area (Å²) in [5.41, 5.74) is 3.09. The molecule has 0 bridgehead atoms. The van der Waals surface area contributed by atoms with Crippen LogP contribution in [-0.4, -0.2) is 34.0 Å². The zero-order valence-corrected chi connectivity index (χ0v) is 23.8. The molecule has 180 valence electrons. The number of amides is 1. The Morgan fingerprint density at radius 3 is 1.85 bits per heavy atom. The van der Waals surface area contributed by atoms with E-state index < -0.39 is 22.2 Å². The van der Waals surface area contributed by atoms with Gasteiger partial charge in [0.15, 0.2) is 13.8 Å². The molecule has 0 aliphatic rings. The molecule has 0 spiro atoms. The van der Waals surface area contributed by atoms with Gasteiger partial charge >= 0.3 is 5.97 Å². The number of ether oxygens (including phenoxy) is 1. The topological polar surface area (TPSA) is 55.8 Å². The van der Waals surface area contributed by atoms with Crippen LogP contribution in [0, 0.1) is 13.8 Å². The highest BCUT2D eigenvalue weighted by molar-refractivity contribution is 6.83. The highest BCUT2D eigenvalue weighted by Gasteiger charge is 2.35. The van der Waals surface area contributed by atoms with Gasteiger partial charge in [-0.1, -0.05) is 37.8 Å². The second-order valence-corrected chi connectivity index (χ2v) is 20.4. The molecule has 0 atom stereocenters. The van der Waals surface area contributed by atoms with Crippen molar-refractivity contribution in [3.8, 4) is 5.75 Å². The summed E-state index contributed by atoms with van der Waals surface area (Å²) < 4.78 is 13.5. The van der Waals surface area contributed by atoms with Crippen molar-refractivity contribution >= 4 is 34.1 Å². The zero-order chi connectivity index (χ0) is 25.2. The van der Waals surface area contributed by atoms with Crippen molar-refractivity contribution in [2.75, 3.05) is 4.57 Å². The minimum absolute atomic E-state index is 0.0897. The number of carbonyl (C=O) groups is 2. The first kappa shape index (κ1) is 26.9. The van der Waals surface area contributed by atoms with Crippen molar-refractivity contribution in [3.05, 3.63) is 59.2 Å². The first-order valence-corrected chi connectivity index (χ1v) is 18.3. The molecule has 0 fully saturated rings. The predicted molar refractivity (Wildman–Crippen MR) is 141 cm³/mol. The van der Waals surface area contributed by atoms with Gasteiger partial charge in [0.05, 0.1) is 6.42 Å². The van der Waals surface area contributed by atoms with Gasteiger partial charge in [0.25, 0.3) is 0 Å². The van der Waals surface area contributed by atoms with Gasteiger partial charge in [-0.2, -0.15) is 0 Å². The number of anilines is 1.